The van der Waals surface area contributed by atoms with Gasteiger partial charge < -0.3 is 5.32 Å². The van der Waals surface area contributed by atoms with Crippen molar-refractivity contribution in [3.63, 3.8) is 0 Å². The standard InChI is InChI=1S/C20H29NO/c1-14-6-8-16(9-7-14)4-3-5-20(22)21-15(2)19-13-17-10-11-18(19)12-17/h6-9,15,17-19H,3-5,10-13H2,1-2H3,(H,21,22). The number of aryl methyl sites for hydroxylation is 2. The third-order valence-electron chi connectivity index (χ3n) is 5.81. The summed E-state index contributed by atoms with van der Waals surface area (Å²) in [6, 6.07) is 9.00. The number of amides is 1. The van der Waals surface area contributed by atoms with Gasteiger partial charge in [0.15, 0.2) is 0 Å². The SMILES string of the molecule is Cc1ccc(CCCC(=O)NC(C)C2CC3CCC2C3)cc1. The molecule has 2 nitrogen and oxygen atoms in total. The van der Waals surface area contributed by atoms with Crippen LogP contribution in [0.5, 0.6) is 0 Å². The van der Waals surface area contributed by atoms with Gasteiger partial charge in [-0.3, -0.25) is 4.79 Å². The zero-order valence-electron chi connectivity index (χ0n) is 14.0. The maximum Gasteiger partial charge on any atom is 0.220 e. The van der Waals surface area contributed by atoms with Gasteiger partial charge in [-0.15, -0.1) is 0 Å². The van der Waals surface area contributed by atoms with Gasteiger partial charge in [0.05, 0.1) is 0 Å². The van der Waals surface area contributed by atoms with E-state index in [1.807, 2.05) is 0 Å². The Bertz CT molecular complexity index is 507. The predicted molar refractivity (Wildman–Crippen MR) is 90.7 cm³/mol. The van der Waals surface area contributed by atoms with Crippen LogP contribution in [0.15, 0.2) is 24.3 Å². The van der Waals surface area contributed by atoms with Gasteiger partial charge in [-0.1, -0.05) is 36.2 Å². The van der Waals surface area contributed by atoms with E-state index in [1.54, 1.807) is 0 Å². The minimum absolute atomic E-state index is 0.238. The van der Waals surface area contributed by atoms with Gasteiger partial charge in [0, 0.05) is 12.5 Å². The minimum Gasteiger partial charge on any atom is -0.353 e. The van der Waals surface area contributed by atoms with Gasteiger partial charge in [-0.2, -0.15) is 0 Å². The van der Waals surface area contributed by atoms with Crippen LogP contribution < -0.4 is 5.32 Å². The Morgan fingerprint density at radius 1 is 1.23 bits per heavy atom. The van der Waals surface area contributed by atoms with Crippen molar-refractivity contribution in [1.82, 2.24) is 5.32 Å². The molecular formula is C20H29NO. The molecule has 1 aromatic rings. The lowest BCUT2D eigenvalue weighted by molar-refractivity contribution is -0.122. The zero-order chi connectivity index (χ0) is 15.5. The quantitative estimate of drug-likeness (QED) is 0.835. The Hall–Kier alpha value is -1.31. The van der Waals surface area contributed by atoms with Gasteiger partial charge in [0.25, 0.3) is 0 Å². The summed E-state index contributed by atoms with van der Waals surface area (Å²) in [5.41, 5.74) is 2.63. The van der Waals surface area contributed by atoms with Gasteiger partial charge >= 0.3 is 0 Å². The topological polar surface area (TPSA) is 29.1 Å². The van der Waals surface area contributed by atoms with Crippen LogP contribution in [0.1, 0.15) is 56.6 Å². The molecule has 4 unspecified atom stereocenters. The van der Waals surface area contributed by atoms with E-state index < -0.39 is 0 Å². The maximum atomic E-state index is 12.1. The highest BCUT2D eigenvalue weighted by molar-refractivity contribution is 5.76. The normalized spacial score (nSPS) is 27.8. The monoisotopic (exact) mass is 299 g/mol. The van der Waals surface area contributed by atoms with Gasteiger partial charge in [0.1, 0.15) is 0 Å². The van der Waals surface area contributed by atoms with Crippen molar-refractivity contribution >= 4 is 5.91 Å². The summed E-state index contributed by atoms with van der Waals surface area (Å²) in [4.78, 5) is 12.1. The summed E-state index contributed by atoms with van der Waals surface area (Å²) in [7, 11) is 0. The number of hydrogen-bond donors (Lipinski definition) is 1. The minimum atomic E-state index is 0.238. The molecule has 120 valence electrons. The van der Waals surface area contributed by atoms with Gasteiger partial charge in [-0.25, -0.2) is 0 Å². The molecule has 2 saturated carbocycles. The average Bonchev–Trinajstić information content (AvgIpc) is 3.12. The Morgan fingerprint density at radius 2 is 2.00 bits per heavy atom. The largest absolute Gasteiger partial charge is 0.353 e. The maximum absolute atomic E-state index is 12.1. The molecule has 2 bridgehead atoms. The lowest BCUT2D eigenvalue weighted by Crippen LogP contribution is -2.40. The molecule has 4 atom stereocenters. The summed E-state index contributed by atoms with van der Waals surface area (Å²) < 4.78 is 0. The Balaban J connectivity index is 1.38. The molecule has 22 heavy (non-hydrogen) atoms. The smallest absolute Gasteiger partial charge is 0.220 e. The Morgan fingerprint density at radius 3 is 2.64 bits per heavy atom. The van der Waals surface area contributed by atoms with Crippen LogP contribution in [-0.4, -0.2) is 11.9 Å². The fraction of sp³-hybridized carbons (Fsp3) is 0.650. The second-order valence-corrected chi connectivity index (χ2v) is 7.53. The van der Waals surface area contributed by atoms with Crippen molar-refractivity contribution < 1.29 is 4.79 Å². The molecule has 2 fully saturated rings. The number of nitrogens with one attached hydrogen (secondary N) is 1. The van der Waals surface area contributed by atoms with E-state index in [9.17, 15) is 4.79 Å². The van der Waals surface area contributed by atoms with E-state index in [2.05, 4.69) is 43.4 Å². The molecule has 0 aliphatic heterocycles. The summed E-state index contributed by atoms with van der Waals surface area (Å²) in [6.45, 7) is 4.32. The van der Waals surface area contributed by atoms with Crippen LogP contribution in [0.4, 0.5) is 0 Å². The number of carbonyl (C=O) groups excluding carboxylic acids is 1. The highest BCUT2D eigenvalue weighted by Crippen LogP contribution is 2.49. The fourth-order valence-electron chi connectivity index (χ4n) is 4.55. The van der Waals surface area contributed by atoms with Crippen molar-refractivity contribution in [2.45, 2.75) is 64.8 Å². The molecule has 1 aromatic carbocycles. The number of hydrogen-bond acceptors (Lipinski definition) is 1. The van der Waals surface area contributed by atoms with Crippen LogP contribution in [0.25, 0.3) is 0 Å². The van der Waals surface area contributed by atoms with E-state index >= 15 is 0 Å². The summed E-state index contributed by atoms with van der Waals surface area (Å²) in [6.07, 6.45) is 8.17. The van der Waals surface area contributed by atoms with Crippen LogP contribution >= 0.6 is 0 Å². The first-order valence-corrected chi connectivity index (χ1v) is 8.96. The number of fused-ring (bicyclic) bond motifs is 2. The first kappa shape index (κ1) is 15.6. The van der Waals surface area contributed by atoms with E-state index in [0.29, 0.717) is 12.5 Å². The van der Waals surface area contributed by atoms with Crippen molar-refractivity contribution in [2.75, 3.05) is 0 Å². The number of carbonyl (C=O) groups is 1. The van der Waals surface area contributed by atoms with Crippen LogP contribution in [0.2, 0.25) is 0 Å². The molecule has 1 N–H and O–H groups in total. The summed E-state index contributed by atoms with van der Waals surface area (Å²) in [5, 5.41) is 3.26. The van der Waals surface area contributed by atoms with Crippen molar-refractivity contribution in [1.29, 1.82) is 0 Å². The van der Waals surface area contributed by atoms with E-state index in [0.717, 1.165) is 30.6 Å². The third-order valence-corrected chi connectivity index (χ3v) is 5.81. The van der Waals surface area contributed by atoms with E-state index in [-0.39, 0.29) is 5.91 Å². The van der Waals surface area contributed by atoms with E-state index in [1.165, 1.54) is 36.8 Å². The summed E-state index contributed by atoms with van der Waals surface area (Å²) in [5.74, 6) is 2.81. The summed E-state index contributed by atoms with van der Waals surface area (Å²) >= 11 is 0. The lowest BCUT2D eigenvalue weighted by Gasteiger charge is -2.28. The first-order chi connectivity index (χ1) is 10.6. The molecule has 0 radical (unpaired) electrons. The Labute approximate surface area is 134 Å². The van der Waals surface area contributed by atoms with Crippen LogP contribution in [0.3, 0.4) is 0 Å². The Kier molecular flexibility index (Phi) is 4.85. The van der Waals surface area contributed by atoms with Crippen LogP contribution in [-0.2, 0) is 11.2 Å². The first-order valence-electron chi connectivity index (χ1n) is 8.96. The average molecular weight is 299 g/mol. The van der Waals surface area contributed by atoms with Crippen molar-refractivity contribution in [3.8, 4) is 0 Å². The highest BCUT2D eigenvalue weighted by Gasteiger charge is 2.41. The van der Waals surface area contributed by atoms with Crippen molar-refractivity contribution in [2.24, 2.45) is 17.8 Å². The van der Waals surface area contributed by atoms with Crippen LogP contribution in [0, 0.1) is 24.7 Å². The molecule has 3 rings (SSSR count). The van der Waals surface area contributed by atoms with Gasteiger partial charge in [0.2, 0.25) is 5.91 Å². The molecular weight excluding hydrogens is 270 g/mol. The molecule has 1 amide bonds. The molecule has 2 aliphatic carbocycles. The zero-order valence-corrected chi connectivity index (χ0v) is 14.0. The lowest BCUT2D eigenvalue weighted by atomic mass is 9.84. The molecule has 2 heteroatoms. The predicted octanol–water partition coefficient (Wildman–Crippen LogP) is 4.26. The number of benzene rings is 1. The number of rotatable bonds is 6. The molecule has 0 aromatic heterocycles. The van der Waals surface area contributed by atoms with Gasteiger partial charge in [-0.05, 0) is 69.3 Å². The fourth-order valence-corrected chi connectivity index (χ4v) is 4.55. The second kappa shape index (κ2) is 6.85. The molecule has 0 saturated heterocycles. The molecule has 0 spiro atoms. The van der Waals surface area contributed by atoms with E-state index in [4.69, 9.17) is 0 Å². The third kappa shape index (κ3) is 3.71. The highest BCUT2D eigenvalue weighted by atomic mass is 16.1. The second-order valence-electron chi connectivity index (χ2n) is 7.53. The molecule has 2 aliphatic rings. The molecule has 0 heterocycles. The van der Waals surface area contributed by atoms with Crippen molar-refractivity contribution in [3.05, 3.63) is 35.4 Å².